The molecule has 0 bridgehead atoms. The molecule has 0 aliphatic carbocycles. The van der Waals surface area contributed by atoms with Gasteiger partial charge in [-0.2, -0.15) is 0 Å². The zero-order valence-electron chi connectivity index (χ0n) is 10.8. The summed E-state index contributed by atoms with van der Waals surface area (Å²) in [6.07, 6.45) is -0.938. The van der Waals surface area contributed by atoms with E-state index in [2.05, 4.69) is 10.1 Å². The second-order valence-electron chi connectivity index (χ2n) is 4.59. The van der Waals surface area contributed by atoms with Crippen molar-refractivity contribution in [1.29, 1.82) is 0 Å². The van der Waals surface area contributed by atoms with Crippen molar-refractivity contribution in [3.05, 3.63) is 0 Å². The van der Waals surface area contributed by atoms with Crippen LogP contribution in [0.3, 0.4) is 0 Å². The van der Waals surface area contributed by atoms with Gasteiger partial charge in [-0.1, -0.05) is 0 Å². The monoisotopic (exact) mass is 245 g/mol. The number of amides is 1. The highest BCUT2D eigenvalue weighted by Gasteiger charge is 2.24. The number of ketones is 1. The van der Waals surface area contributed by atoms with E-state index in [9.17, 15) is 14.4 Å². The SMILES string of the molecule is COC(=O)C[C@H](NC(=O)OC(C)(C)C)C(C)=O. The fraction of sp³-hybridized carbons (Fsp3) is 0.727. The van der Waals surface area contributed by atoms with Crippen molar-refractivity contribution in [2.24, 2.45) is 0 Å². The lowest BCUT2D eigenvalue weighted by atomic mass is 10.1. The molecule has 0 rings (SSSR count). The first-order valence-electron chi connectivity index (χ1n) is 5.22. The number of rotatable bonds is 4. The van der Waals surface area contributed by atoms with Crippen LogP contribution in [0.25, 0.3) is 0 Å². The number of esters is 1. The van der Waals surface area contributed by atoms with Crippen molar-refractivity contribution in [2.75, 3.05) is 7.11 Å². The number of carbonyl (C=O) groups is 3. The van der Waals surface area contributed by atoms with Gasteiger partial charge in [-0.05, 0) is 27.7 Å². The van der Waals surface area contributed by atoms with Crippen LogP contribution in [0, 0.1) is 0 Å². The minimum Gasteiger partial charge on any atom is -0.469 e. The van der Waals surface area contributed by atoms with E-state index in [0.29, 0.717) is 0 Å². The van der Waals surface area contributed by atoms with Crippen LogP contribution in [-0.2, 0) is 19.1 Å². The highest BCUT2D eigenvalue weighted by atomic mass is 16.6. The Morgan fingerprint density at radius 3 is 2.12 bits per heavy atom. The van der Waals surface area contributed by atoms with Gasteiger partial charge in [0.1, 0.15) is 11.6 Å². The van der Waals surface area contributed by atoms with E-state index in [1.165, 1.54) is 14.0 Å². The maximum atomic E-state index is 11.4. The van der Waals surface area contributed by atoms with E-state index in [-0.39, 0.29) is 12.2 Å². The first-order valence-corrected chi connectivity index (χ1v) is 5.22. The third-order valence-electron chi connectivity index (χ3n) is 1.78. The van der Waals surface area contributed by atoms with Gasteiger partial charge in [0, 0.05) is 0 Å². The summed E-state index contributed by atoms with van der Waals surface area (Å²) in [5.74, 6) is -0.900. The van der Waals surface area contributed by atoms with Crippen LogP contribution in [-0.4, -0.2) is 36.6 Å². The first-order chi connectivity index (χ1) is 7.65. The first kappa shape index (κ1) is 15.4. The average Bonchev–Trinajstić information content (AvgIpc) is 2.13. The molecule has 17 heavy (non-hydrogen) atoms. The molecule has 0 aliphatic rings. The van der Waals surface area contributed by atoms with Crippen LogP contribution in [0.2, 0.25) is 0 Å². The van der Waals surface area contributed by atoms with Gasteiger partial charge >= 0.3 is 12.1 Å². The largest absolute Gasteiger partial charge is 0.469 e. The summed E-state index contributed by atoms with van der Waals surface area (Å²) >= 11 is 0. The second-order valence-corrected chi connectivity index (χ2v) is 4.59. The minimum absolute atomic E-state index is 0.203. The number of methoxy groups -OCH3 is 1. The summed E-state index contributed by atoms with van der Waals surface area (Å²) in [6.45, 7) is 6.39. The molecule has 0 aromatic heterocycles. The van der Waals surface area contributed by atoms with Crippen LogP contribution < -0.4 is 5.32 Å². The number of hydrogen-bond acceptors (Lipinski definition) is 5. The van der Waals surface area contributed by atoms with Crippen molar-refractivity contribution >= 4 is 17.8 Å². The van der Waals surface area contributed by atoms with Gasteiger partial charge in [-0.25, -0.2) is 4.79 Å². The molecule has 98 valence electrons. The molecule has 0 saturated heterocycles. The smallest absolute Gasteiger partial charge is 0.408 e. The van der Waals surface area contributed by atoms with Crippen LogP contribution >= 0.6 is 0 Å². The Morgan fingerprint density at radius 1 is 1.24 bits per heavy atom. The Labute approximate surface area is 101 Å². The second kappa shape index (κ2) is 6.22. The fourth-order valence-electron chi connectivity index (χ4n) is 0.996. The molecular formula is C11H19NO5. The Morgan fingerprint density at radius 2 is 1.76 bits per heavy atom. The molecule has 1 N–H and O–H groups in total. The summed E-state index contributed by atoms with van der Waals surface area (Å²) in [4.78, 5) is 33.7. The number of ether oxygens (including phenoxy) is 2. The topological polar surface area (TPSA) is 81.7 Å². The molecule has 0 saturated carbocycles. The third-order valence-corrected chi connectivity index (χ3v) is 1.78. The van der Waals surface area contributed by atoms with E-state index in [1.807, 2.05) is 0 Å². The Kier molecular flexibility index (Phi) is 5.64. The minimum atomic E-state index is -0.919. The van der Waals surface area contributed by atoms with Gasteiger partial charge in [0.25, 0.3) is 0 Å². The molecule has 0 fully saturated rings. The Balaban J connectivity index is 4.41. The van der Waals surface area contributed by atoms with E-state index in [4.69, 9.17) is 4.74 Å². The van der Waals surface area contributed by atoms with Gasteiger partial charge in [0.15, 0.2) is 5.78 Å². The van der Waals surface area contributed by atoms with Gasteiger partial charge in [0.2, 0.25) is 0 Å². The normalized spacial score (nSPS) is 12.5. The van der Waals surface area contributed by atoms with Gasteiger partial charge in [-0.3, -0.25) is 9.59 Å². The number of alkyl carbamates (subject to hydrolysis) is 1. The van der Waals surface area contributed by atoms with Crippen LogP contribution in [0.4, 0.5) is 4.79 Å². The quantitative estimate of drug-likeness (QED) is 0.748. The van der Waals surface area contributed by atoms with Gasteiger partial charge in [0.05, 0.1) is 13.5 Å². The lowest BCUT2D eigenvalue weighted by molar-refractivity contribution is -0.142. The van der Waals surface area contributed by atoms with Gasteiger partial charge in [-0.15, -0.1) is 0 Å². The van der Waals surface area contributed by atoms with E-state index in [0.717, 1.165) is 0 Å². The van der Waals surface area contributed by atoms with Crippen molar-refractivity contribution in [1.82, 2.24) is 5.32 Å². The molecular weight excluding hydrogens is 226 g/mol. The molecule has 0 spiro atoms. The molecule has 6 heteroatoms. The van der Waals surface area contributed by atoms with Crippen molar-refractivity contribution in [3.8, 4) is 0 Å². The molecule has 0 unspecified atom stereocenters. The summed E-state index contributed by atoms with van der Waals surface area (Å²) in [7, 11) is 1.22. The zero-order chi connectivity index (χ0) is 13.6. The Bertz CT molecular complexity index is 305. The number of nitrogens with one attached hydrogen (secondary N) is 1. The average molecular weight is 245 g/mol. The van der Waals surface area contributed by atoms with Crippen molar-refractivity contribution in [3.63, 3.8) is 0 Å². The van der Waals surface area contributed by atoms with Gasteiger partial charge < -0.3 is 14.8 Å². The van der Waals surface area contributed by atoms with Crippen LogP contribution in [0.1, 0.15) is 34.1 Å². The predicted octanol–water partition coefficient (Wildman–Crippen LogP) is 1.03. The molecule has 0 aromatic carbocycles. The third kappa shape index (κ3) is 7.32. The summed E-state index contributed by atoms with van der Waals surface area (Å²) < 4.78 is 9.41. The maximum absolute atomic E-state index is 11.4. The standard InChI is InChI=1S/C11H19NO5/c1-7(13)8(6-9(14)16-5)12-10(15)17-11(2,3)4/h8H,6H2,1-5H3,(H,12,15)/t8-/m0/s1. The molecule has 6 nitrogen and oxygen atoms in total. The molecule has 0 heterocycles. The zero-order valence-corrected chi connectivity index (χ0v) is 10.8. The molecule has 0 aliphatic heterocycles. The van der Waals surface area contributed by atoms with Crippen LogP contribution in [0.15, 0.2) is 0 Å². The summed E-state index contributed by atoms with van der Waals surface area (Å²) in [5.41, 5.74) is -0.656. The maximum Gasteiger partial charge on any atom is 0.408 e. The van der Waals surface area contributed by atoms with Crippen molar-refractivity contribution in [2.45, 2.75) is 45.8 Å². The van der Waals surface area contributed by atoms with E-state index >= 15 is 0 Å². The molecule has 1 atom stereocenters. The van der Waals surface area contributed by atoms with Crippen molar-refractivity contribution < 1.29 is 23.9 Å². The summed E-state index contributed by atoms with van der Waals surface area (Å²) in [5, 5.41) is 2.33. The van der Waals surface area contributed by atoms with E-state index < -0.39 is 23.7 Å². The van der Waals surface area contributed by atoms with Crippen LogP contribution in [0.5, 0.6) is 0 Å². The summed E-state index contributed by atoms with van der Waals surface area (Å²) in [6, 6.07) is -0.919. The molecule has 0 radical (unpaired) electrons. The highest BCUT2D eigenvalue weighted by Crippen LogP contribution is 2.07. The highest BCUT2D eigenvalue weighted by molar-refractivity contribution is 5.89. The number of carbonyl (C=O) groups excluding carboxylic acids is 3. The number of hydrogen-bond donors (Lipinski definition) is 1. The Hall–Kier alpha value is -1.59. The predicted molar refractivity (Wildman–Crippen MR) is 60.5 cm³/mol. The fourth-order valence-corrected chi connectivity index (χ4v) is 0.996. The lowest BCUT2D eigenvalue weighted by Gasteiger charge is -2.22. The molecule has 0 aromatic rings. The lowest BCUT2D eigenvalue weighted by Crippen LogP contribution is -2.43. The number of Topliss-reactive ketones (excluding diaryl/α,β-unsaturated/α-hetero) is 1. The molecule has 1 amide bonds. The van der Waals surface area contributed by atoms with E-state index in [1.54, 1.807) is 20.8 Å².